The Hall–Kier alpha value is -4.08. The summed E-state index contributed by atoms with van der Waals surface area (Å²) in [6, 6.07) is 34.6. The number of rotatable bonds is 10. The van der Waals surface area contributed by atoms with Crippen LogP contribution in [-0.4, -0.2) is 0 Å². The first kappa shape index (κ1) is 27.0. The monoisotopic (exact) mass is 494 g/mol. The lowest BCUT2D eigenvalue weighted by Crippen LogP contribution is -1.84. The third-order valence-electron chi connectivity index (χ3n) is 6.71. The molecule has 0 heterocycles. The van der Waals surface area contributed by atoms with Crippen LogP contribution in [0.4, 0.5) is 0 Å². The summed E-state index contributed by atoms with van der Waals surface area (Å²) < 4.78 is 0. The molecule has 0 nitrogen and oxygen atoms in total. The average Bonchev–Trinajstić information content (AvgIpc) is 2.98. The third kappa shape index (κ3) is 8.79. The van der Waals surface area contributed by atoms with Crippen molar-refractivity contribution in [1.29, 1.82) is 0 Å². The van der Waals surface area contributed by atoms with Crippen molar-refractivity contribution < 1.29 is 0 Å². The van der Waals surface area contributed by atoms with E-state index in [9.17, 15) is 0 Å². The average molecular weight is 495 g/mol. The van der Waals surface area contributed by atoms with Crippen LogP contribution in [-0.2, 0) is 12.8 Å². The molecule has 190 valence electrons. The van der Waals surface area contributed by atoms with Gasteiger partial charge < -0.3 is 0 Å². The van der Waals surface area contributed by atoms with Crippen molar-refractivity contribution in [3.05, 3.63) is 142 Å². The number of hydrogen-bond donors (Lipinski definition) is 0. The van der Waals surface area contributed by atoms with E-state index in [1.165, 1.54) is 71.9 Å². The number of benzene rings is 4. The second-order valence-electron chi connectivity index (χ2n) is 9.85. The number of hydrogen-bond acceptors (Lipinski definition) is 0. The zero-order valence-electron chi connectivity index (χ0n) is 22.8. The Morgan fingerprint density at radius 1 is 0.421 bits per heavy atom. The molecule has 0 aliphatic rings. The molecule has 0 N–H and O–H groups in total. The summed E-state index contributed by atoms with van der Waals surface area (Å²) in [5.41, 5.74) is 9.69. The fraction of sp³-hybridized carbons (Fsp3) is 0.211. The van der Waals surface area contributed by atoms with E-state index in [4.69, 9.17) is 0 Å². The standard InChI is InChI=1S/C38H38/c1-3-5-7-31-9-13-33(14-10-31)17-19-35-21-25-37(26-22-35)29-30-38-27-23-36(24-28-38)20-18-34-15-11-32(12-16-34)8-6-4-2/h9-28H,3-8H2,1-2H3/b19-17+,20-18+. The van der Waals surface area contributed by atoms with Crippen LogP contribution in [0.15, 0.2) is 97.1 Å². The molecule has 0 unspecified atom stereocenters. The topological polar surface area (TPSA) is 0 Å². The highest BCUT2D eigenvalue weighted by molar-refractivity contribution is 5.71. The van der Waals surface area contributed by atoms with Gasteiger partial charge in [-0.2, -0.15) is 0 Å². The van der Waals surface area contributed by atoms with Gasteiger partial charge in [0.05, 0.1) is 0 Å². The second-order valence-corrected chi connectivity index (χ2v) is 9.85. The van der Waals surface area contributed by atoms with Crippen LogP contribution in [0.25, 0.3) is 24.3 Å². The largest absolute Gasteiger partial charge is 0.0654 e. The van der Waals surface area contributed by atoms with Gasteiger partial charge in [-0.25, -0.2) is 0 Å². The van der Waals surface area contributed by atoms with Crippen LogP contribution < -0.4 is 0 Å². The van der Waals surface area contributed by atoms with Crippen molar-refractivity contribution in [2.75, 3.05) is 0 Å². The zero-order chi connectivity index (χ0) is 26.4. The number of aryl methyl sites for hydroxylation is 2. The maximum Gasteiger partial charge on any atom is 0.0249 e. The van der Waals surface area contributed by atoms with Crippen molar-refractivity contribution in [3.63, 3.8) is 0 Å². The summed E-state index contributed by atoms with van der Waals surface area (Å²) in [7, 11) is 0. The van der Waals surface area contributed by atoms with E-state index >= 15 is 0 Å². The quantitative estimate of drug-likeness (QED) is 0.152. The lowest BCUT2D eigenvalue weighted by atomic mass is 10.0. The van der Waals surface area contributed by atoms with Gasteiger partial charge in [-0.15, -0.1) is 0 Å². The molecule has 0 atom stereocenters. The first-order chi connectivity index (χ1) is 18.7. The molecule has 0 saturated heterocycles. The van der Waals surface area contributed by atoms with E-state index < -0.39 is 0 Å². The maximum absolute atomic E-state index is 3.29. The molecule has 0 bridgehead atoms. The van der Waals surface area contributed by atoms with Gasteiger partial charge in [-0.05, 0) is 83.3 Å². The minimum Gasteiger partial charge on any atom is -0.0654 e. The van der Waals surface area contributed by atoms with E-state index in [1.54, 1.807) is 0 Å². The highest BCUT2D eigenvalue weighted by Gasteiger charge is 1.95. The zero-order valence-corrected chi connectivity index (χ0v) is 22.8. The van der Waals surface area contributed by atoms with Crippen LogP contribution in [0.1, 0.15) is 84.0 Å². The Morgan fingerprint density at radius 2 is 0.711 bits per heavy atom. The SMILES string of the molecule is CCCCc1ccc(/C=C/c2ccc(C#Cc3ccc(/C=C/c4ccc(CCCC)cc4)cc3)cc2)cc1. The fourth-order valence-corrected chi connectivity index (χ4v) is 4.24. The molecule has 0 heteroatoms. The third-order valence-corrected chi connectivity index (χ3v) is 6.71. The van der Waals surface area contributed by atoms with Crippen LogP contribution in [0.2, 0.25) is 0 Å². The van der Waals surface area contributed by atoms with Crippen LogP contribution in [0.3, 0.4) is 0 Å². The molecule has 4 aromatic rings. The molecule has 4 aromatic carbocycles. The highest BCUT2D eigenvalue weighted by atomic mass is 14.0. The van der Waals surface area contributed by atoms with Gasteiger partial charge in [0.25, 0.3) is 0 Å². The van der Waals surface area contributed by atoms with E-state index in [0.29, 0.717) is 0 Å². The summed E-state index contributed by atoms with van der Waals surface area (Å²) in [5.74, 6) is 6.58. The summed E-state index contributed by atoms with van der Waals surface area (Å²) in [6.07, 6.45) is 16.0. The lowest BCUT2D eigenvalue weighted by Gasteiger charge is -2.01. The molecule has 0 spiro atoms. The van der Waals surface area contributed by atoms with E-state index in [0.717, 1.165) is 11.1 Å². The minimum atomic E-state index is 1.02. The molecule has 0 amide bonds. The summed E-state index contributed by atoms with van der Waals surface area (Å²) in [5, 5.41) is 0. The highest BCUT2D eigenvalue weighted by Crippen LogP contribution is 2.14. The van der Waals surface area contributed by atoms with Gasteiger partial charge >= 0.3 is 0 Å². The maximum atomic E-state index is 3.29. The molecule has 0 saturated carbocycles. The van der Waals surface area contributed by atoms with Crippen molar-refractivity contribution in [2.24, 2.45) is 0 Å². The predicted molar refractivity (Wildman–Crippen MR) is 167 cm³/mol. The second kappa shape index (κ2) is 14.6. The summed E-state index contributed by atoms with van der Waals surface area (Å²) in [4.78, 5) is 0. The lowest BCUT2D eigenvalue weighted by molar-refractivity contribution is 0.795. The minimum absolute atomic E-state index is 1.02. The Morgan fingerprint density at radius 3 is 1.00 bits per heavy atom. The van der Waals surface area contributed by atoms with Gasteiger partial charge in [0.2, 0.25) is 0 Å². The van der Waals surface area contributed by atoms with Crippen LogP contribution in [0.5, 0.6) is 0 Å². The molecular weight excluding hydrogens is 456 g/mol. The molecule has 0 fully saturated rings. The molecule has 0 radical (unpaired) electrons. The Labute approximate surface area is 229 Å². The molecule has 4 rings (SSSR count). The molecule has 38 heavy (non-hydrogen) atoms. The number of unbranched alkanes of at least 4 members (excludes halogenated alkanes) is 2. The molecular formula is C38H38. The fourth-order valence-electron chi connectivity index (χ4n) is 4.24. The first-order valence-corrected chi connectivity index (χ1v) is 14.0. The van der Waals surface area contributed by atoms with Gasteiger partial charge in [0.1, 0.15) is 0 Å². The van der Waals surface area contributed by atoms with Crippen molar-refractivity contribution in [3.8, 4) is 11.8 Å². The van der Waals surface area contributed by atoms with Crippen molar-refractivity contribution >= 4 is 24.3 Å². The molecule has 0 aromatic heterocycles. The van der Waals surface area contributed by atoms with Gasteiger partial charge in [0.15, 0.2) is 0 Å². The summed E-state index contributed by atoms with van der Waals surface area (Å²) >= 11 is 0. The van der Waals surface area contributed by atoms with E-state index in [-0.39, 0.29) is 0 Å². The Balaban J connectivity index is 1.30. The van der Waals surface area contributed by atoms with Crippen molar-refractivity contribution in [1.82, 2.24) is 0 Å². The van der Waals surface area contributed by atoms with Gasteiger partial charge in [0, 0.05) is 11.1 Å². The first-order valence-electron chi connectivity index (χ1n) is 14.0. The smallest absolute Gasteiger partial charge is 0.0249 e. The van der Waals surface area contributed by atoms with Gasteiger partial charge in [-0.3, -0.25) is 0 Å². The Bertz CT molecular complexity index is 1260. The van der Waals surface area contributed by atoms with Gasteiger partial charge in [-0.1, -0.05) is 136 Å². The predicted octanol–water partition coefficient (Wildman–Crippen LogP) is 10.1. The Kier molecular flexibility index (Phi) is 10.4. The van der Waals surface area contributed by atoms with E-state index in [2.05, 4.69) is 147 Å². The van der Waals surface area contributed by atoms with Crippen LogP contribution in [0, 0.1) is 11.8 Å². The molecule has 0 aliphatic heterocycles. The molecule has 0 aliphatic carbocycles. The summed E-state index contributed by atoms with van der Waals surface area (Å²) in [6.45, 7) is 4.47. The van der Waals surface area contributed by atoms with Crippen molar-refractivity contribution in [2.45, 2.75) is 52.4 Å². The van der Waals surface area contributed by atoms with E-state index in [1.807, 2.05) is 0 Å². The van der Waals surface area contributed by atoms with Crippen LogP contribution >= 0.6 is 0 Å². The normalized spacial score (nSPS) is 11.1.